The number of H-pyrrole nitrogens is 1. The second-order valence-electron chi connectivity index (χ2n) is 4.60. The van der Waals surface area contributed by atoms with E-state index in [1.165, 1.54) is 10.9 Å². The molecule has 4 nitrogen and oxygen atoms in total. The number of amides is 1. The molecule has 0 fully saturated rings. The largest absolute Gasteiger partial charge is 0.361 e. The number of nitrogens with one attached hydrogen (secondary N) is 2. The highest BCUT2D eigenvalue weighted by molar-refractivity contribution is 5.85. The standard InChI is InChI=1S/C15H19N3O/c1-3-11(2)17-18-15(19)9-8-12-10-16-14-7-5-4-6-13(12)14/h4-7,10,16H,3,8-9H2,1-2H3,(H,18,19). The molecule has 0 aliphatic rings. The molecule has 0 saturated heterocycles. The maximum Gasteiger partial charge on any atom is 0.240 e. The van der Waals surface area contributed by atoms with Gasteiger partial charge in [-0.1, -0.05) is 25.1 Å². The Balaban J connectivity index is 1.94. The van der Waals surface area contributed by atoms with Crippen molar-refractivity contribution in [3.63, 3.8) is 0 Å². The fourth-order valence-corrected chi connectivity index (χ4v) is 1.88. The summed E-state index contributed by atoms with van der Waals surface area (Å²) < 4.78 is 0. The van der Waals surface area contributed by atoms with Gasteiger partial charge < -0.3 is 4.98 Å². The summed E-state index contributed by atoms with van der Waals surface area (Å²) in [6, 6.07) is 8.11. The highest BCUT2D eigenvalue weighted by Crippen LogP contribution is 2.18. The molecule has 0 bridgehead atoms. The molecule has 0 spiro atoms. The van der Waals surface area contributed by atoms with Crippen molar-refractivity contribution in [1.29, 1.82) is 0 Å². The molecule has 1 amide bonds. The molecular formula is C15H19N3O. The number of hydrogen-bond acceptors (Lipinski definition) is 2. The Morgan fingerprint density at radius 1 is 1.37 bits per heavy atom. The number of fused-ring (bicyclic) bond motifs is 1. The van der Waals surface area contributed by atoms with Crippen LogP contribution in [-0.2, 0) is 11.2 Å². The lowest BCUT2D eigenvalue weighted by molar-refractivity contribution is -0.121. The fourth-order valence-electron chi connectivity index (χ4n) is 1.88. The van der Waals surface area contributed by atoms with E-state index in [1.54, 1.807) is 0 Å². The van der Waals surface area contributed by atoms with Gasteiger partial charge in [-0.2, -0.15) is 5.10 Å². The van der Waals surface area contributed by atoms with Gasteiger partial charge in [0.2, 0.25) is 5.91 Å². The molecule has 0 saturated carbocycles. The molecule has 0 atom stereocenters. The first-order valence-electron chi connectivity index (χ1n) is 6.57. The van der Waals surface area contributed by atoms with Gasteiger partial charge in [0.1, 0.15) is 0 Å². The summed E-state index contributed by atoms with van der Waals surface area (Å²) in [4.78, 5) is 14.9. The summed E-state index contributed by atoms with van der Waals surface area (Å²) in [6.07, 6.45) is 3.99. The Morgan fingerprint density at radius 2 is 2.16 bits per heavy atom. The van der Waals surface area contributed by atoms with E-state index in [2.05, 4.69) is 21.6 Å². The topological polar surface area (TPSA) is 57.2 Å². The van der Waals surface area contributed by atoms with Crippen LogP contribution in [0.2, 0.25) is 0 Å². The van der Waals surface area contributed by atoms with Crippen LogP contribution in [0.5, 0.6) is 0 Å². The number of aromatic nitrogens is 1. The van der Waals surface area contributed by atoms with E-state index < -0.39 is 0 Å². The van der Waals surface area contributed by atoms with Gasteiger partial charge in [-0.05, 0) is 31.4 Å². The molecule has 0 aliphatic heterocycles. The number of hydrazone groups is 1. The van der Waals surface area contributed by atoms with Crippen molar-refractivity contribution in [2.75, 3.05) is 0 Å². The Kier molecular flexibility index (Phi) is 4.34. The van der Waals surface area contributed by atoms with Crippen LogP contribution in [0, 0.1) is 0 Å². The van der Waals surface area contributed by atoms with Crippen LogP contribution in [0.4, 0.5) is 0 Å². The lowest BCUT2D eigenvalue weighted by Gasteiger charge is -2.01. The van der Waals surface area contributed by atoms with Gasteiger partial charge in [-0.25, -0.2) is 5.43 Å². The van der Waals surface area contributed by atoms with Crippen molar-refractivity contribution < 1.29 is 4.79 Å². The summed E-state index contributed by atoms with van der Waals surface area (Å²) in [6.45, 7) is 3.91. The molecule has 2 N–H and O–H groups in total. The van der Waals surface area contributed by atoms with E-state index in [0.29, 0.717) is 6.42 Å². The summed E-state index contributed by atoms with van der Waals surface area (Å²) in [5.41, 5.74) is 5.79. The lowest BCUT2D eigenvalue weighted by Crippen LogP contribution is -2.19. The van der Waals surface area contributed by atoms with Gasteiger partial charge in [0.05, 0.1) is 0 Å². The van der Waals surface area contributed by atoms with E-state index in [4.69, 9.17) is 0 Å². The van der Waals surface area contributed by atoms with E-state index in [1.807, 2.05) is 38.2 Å². The van der Waals surface area contributed by atoms with Crippen molar-refractivity contribution in [3.8, 4) is 0 Å². The number of hydrogen-bond donors (Lipinski definition) is 2. The number of carbonyl (C=O) groups is 1. The Morgan fingerprint density at radius 3 is 2.95 bits per heavy atom. The molecule has 0 radical (unpaired) electrons. The second-order valence-corrected chi connectivity index (χ2v) is 4.60. The molecule has 1 heterocycles. The van der Waals surface area contributed by atoms with Gasteiger partial charge in [0, 0.05) is 29.2 Å². The SMILES string of the molecule is CCC(C)=NNC(=O)CCc1c[nH]c2ccccc12. The Labute approximate surface area is 112 Å². The monoisotopic (exact) mass is 257 g/mol. The second kappa shape index (κ2) is 6.18. The van der Waals surface area contributed by atoms with E-state index >= 15 is 0 Å². The molecule has 1 aromatic heterocycles. The minimum absolute atomic E-state index is 0.0434. The van der Waals surface area contributed by atoms with E-state index in [0.717, 1.165) is 24.1 Å². The van der Waals surface area contributed by atoms with Gasteiger partial charge in [-0.3, -0.25) is 4.79 Å². The molecule has 4 heteroatoms. The van der Waals surface area contributed by atoms with Crippen LogP contribution in [0.15, 0.2) is 35.6 Å². The smallest absolute Gasteiger partial charge is 0.240 e. The van der Waals surface area contributed by atoms with Gasteiger partial charge >= 0.3 is 0 Å². The number of nitrogens with zero attached hydrogens (tertiary/aromatic N) is 1. The zero-order valence-corrected chi connectivity index (χ0v) is 11.4. The first-order chi connectivity index (χ1) is 9.20. The maximum atomic E-state index is 11.7. The zero-order valence-electron chi connectivity index (χ0n) is 11.4. The van der Waals surface area contributed by atoms with Crippen LogP contribution in [-0.4, -0.2) is 16.6 Å². The minimum Gasteiger partial charge on any atom is -0.361 e. The minimum atomic E-state index is -0.0434. The Bertz CT molecular complexity index is 598. The number of aromatic amines is 1. The van der Waals surface area contributed by atoms with Crippen molar-refractivity contribution in [2.24, 2.45) is 5.10 Å². The van der Waals surface area contributed by atoms with Gasteiger partial charge in [0.25, 0.3) is 0 Å². The first-order valence-corrected chi connectivity index (χ1v) is 6.57. The summed E-state index contributed by atoms with van der Waals surface area (Å²) >= 11 is 0. The molecule has 0 aliphatic carbocycles. The highest BCUT2D eigenvalue weighted by atomic mass is 16.2. The summed E-state index contributed by atoms with van der Waals surface area (Å²) in [7, 11) is 0. The fraction of sp³-hybridized carbons (Fsp3) is 0.333. The van der Waals surface area contributed by atoms with Crippen LogP contribution >= 0.6 is 0 Å². The molecule has 1 aromatic carbocycles. The quantitative estimate of drug-likeness (QED) is 0.628. The van der Waals surface area contributed by atoms with Crippen molar-refractivity contribution in [1.82, 2.24) is 10.4 Å². The van der Waals surface area contributed by atoms with Crippen molar-refractivity contribution in [2.45, 2.75) is 33.1 Å². The summed E-state index contributed by atoms with van der Waals surface area (Å²) in [5, 5.41) is 5.20. The van der Waals surface area contributed by atoms with Gasteiger partial charge in [-0.15, -0.1) is 0 Å². The van der Waals surface area contributed by atoms with Crippen LogP contribution in [0.1, 0.15) is 32.3 Å². The average molecular weight is 257 g/mol. The van der Waals surface area contributed by atoms with E-state index in [-0.39, 0.29) is 5.91 Å². The molecule has 0 unspecified atom stereocenters. The number of rotatable bonds is 5. The molecule has 2 aromatic rings. The van der Waals surface area contributed by atoms with Crippen LogP contribution in [0.3, 0.4) is 0 Å². The van der Waals surface area contributed by atoms with Crippen molar-refractivity contribution in [3.05, 3.63) is 36.0 Å². The first kappa shape index (κ1) is 13.3. The third-order valence-corrected chi connectivity index (χ3v) is 3.18. The zero-order chi connectivity index (χ0) is 13.7. The third kappa shape index (κ3) is 3.44. The molecule has 100 valence electrons. The maximum absolute atomic E-state index is 11.7. The average Bonchev–Trinajstić information content (AvgIpc) is 2.85. The highest BCUT2D eigenvalue weighted by Gasteiger charge is 2.06. The van der Waals surface area contributed by atoms with Crippen molar-refractivity contribution >= 4 is 22.5 Å². The predicted octanol–water partition coefficient (Wildman–Crippen LogP) is 3.00. The number of benzene rings is 1. The van der Waals surface area contributed by atoms with Gasteiger partial charge in [0.15, 0.2) is 0 Å². The third-order valence-electron chi connectivity index (χ3n) is 3.18. The van der Waals surface area contributed by atoms with Crippen LogP contribution < -0.4 is 5.43 Å². The normalized spacial score (nSPS) is 11.8. The predicted molar refractivity (Wildman–Crippen MR) is 78.2 cm³/mol. The number of aryl methyl sites for hydroxylation is 1. The molecular weight excluding hydrogens is 238 g/mol. The molecule has 19 heavy (non-hydrogen) atoms. The van der Waals surface area contributed by atoms with E-state index in [9.17, 15) is 4.79 Å². The summed E-state index contributed by atoms with van der Waals surface area (Å²) in [5.74, 6) is -0.0434. The number of carbonyl (C=O) groups excluding carboxylic acids is 1. The number of para-hydroxylation sites is 1. The molecule has 2 rings (SSSR count). The Hall–Kier alpha value is -2.10. The lowest BCUT2D eigenvalue weighted by atomic mass is 10.1. The van der Waals surface area contributed by atoms with Crippen LogP contribution in [0.25, 0.3) is 10.9 Å².